The van der Waals surface area contributed by atoms with E-state index in [1.54, 1.807) is 45.2 Å². The fourth-order valence-corrected chi connectivity index (χ4v) is 5.27. The van der Waals surface area contributed by atoms with Gasteiger partial charge in [-0.15, -0.1) is 0 Å². The lowest BCUT2D eigenvalue weighted by atomic mass is 10.0. The Morgan fingerprint density at radius 3 is 2.55 bits per heavy atom. The smallest absolute Gasteiger partial charge is 0.325 e. The highest BCUT2D eigenvalue weighted by molar-refractivity contribution is 6.74. The molecule has 254 valence electrons. The van der Waals surface area contributed by atoms with Crippen LogP contribution in [-0.4, -0.2) is 60.6 Å². The Bertz CT molecular complexity index is 1550. The van der Waals surface area contributed by atoms with Gasteiger partial charge in [0, 0.05) is 24.5 Å². The molecule has 1 saturated heterocycles. The highest BCUT2D eigenvalue weighted by atomic mass is 28.4. The number of amides is 3. The zero-order valence-corrected chi connectivity index (χ0v) is 29.8. The number of esters is 1. The summed E-state index contributed by atoms with van der Waals surface area (Å²) in [6.07, 6.45) is 8.75. The minimum absolute atomic E-state index is 0.0814. The predicted octanol–water partition coefficient (Wildman–Crippen LogP) is 5.43. The van der Waals surface area contributed by atoms with Crippen LogP contribution in [0.25, 0.3) is 16.8 Å². The normalized spacial score (nSPS) is 17.1. The summed E-state index contributed by atoms with van der Waals surface area (Å²) in [5.41, 5.74) is 4.47. The number of aromatic nitrogens is 1. The first-order chi connectivity index (χ1) is 22.1. The number of hydrazine groups is 1. The molecule has 3 N–H and O–H groups in total. The van der Waals surface area contributed by atoms with Gasteiger partial charge in [0.15, 0.2) is 0 Å². The van der Waals surface area contributed by atoms with Gasteiger partial charge in [-0.1, -0.05) is 51.6 Å². The molecule has 1 aromatic carbocycles. The van der Waals surface area contributed by atoms with Gasteiger partial charge in [0.05, 0.1) is 12.0 Å². The van der Waals surface area contributed by atoms with Crippen LogP contribution in [0.15, 0.2) is 61.2 Å². The van der Waals surface area contributed by atoms with E-state index >= 15 is 0 Å². The minimum atomic E-state index is -2.30. The lowest BCUT2D eigenvalue weighted by Crippen LogP contribution is -2.59. The number of nitrogens with zero attached hydrogens (tertiary/aromatic N) is 2. The van der Waals surface area contributed by atoms with E-state index in [2.05, 4.69) is 48.4 Å². The van der Waals surface area contributed by atoms with Crippen LogP contribution in [0.1, 0.15) is 78.2 Å². The summed E-state index contributed by atoms with van der Waals surface area (Å²) in [6.45, 7) is 19.5. The summed E-state index contributed by atoms with van der Waals surface area (Å²) in [5.74, 6) is -1.97. The van der Waals surface area contributed by atoms with Crippen molar-refractivity contribution in [3.05, 3.63) is 72.4 Å². The summed E-state index contributed by atoms with van der Waals surface area (Å²) >= 11 is 0. The molecule has 3 amide bonds. The van der Waals surface area contributed by atoms with Crippen LogP contribution in [-0.2, 0) is 28.3 Å². The van der Waals surface area contributed by atoms with Crippen LogP contribution in [0.5, 0.6) is 0 Å². The lowest BCUT2D eigenvalue weighted by molar-refractivity contribution is -0.156. The molecule has 0 radical (unpaired) electrons. The molecule has 1 aliphatic rings. The molecule has 3 atom stereocenters. The summed E-state index contributed by atoms with van der Waals surface area (Å²) in [4.78, 5) is 56.7. The number of fused-ring (bicyclic) bond motifs is 1. The van der Waals surface area contributed by atoms with Gasteiger partial charge in [-0.05, 0) is 80.9 Å². The number of carbonyl (C=O) groups is 4. The van der Waals surface area contributed by atoms with Crippen LogP contribution in [0.2, 0.25) is 18.1 Å². The number of benzene rings is 1. The maximum absolute atomic E-state index is 13.4. The van der Waals surface area contributed by atoms with E-state index in [-0.39, 0.29) is 17.2 Å². The van der Waals surface area contributed by atoms with Crippen molar-refractivity contribution in [1.82, 2.24) is 26.1 Å². The van der Waals surface area contributed by atoms with E-state index in [0.717, 1.165) is 22.0 Å². The summed E-state index contributed by atoms with van der Waals surface area (Å²) in [7, 11) is -2.30. The van der Waals surface area contributed by atoms with Crippen molar-refractivity contribution in [2.75, 3.05) is 6.54 Å². The van der Waals surface area contributed by atoms with Gasteiger partial charge in [-0.3, -0.25) is 29.2 Å². The molecule has 1 aromatic heterocycles. The van der Waals surface area contributed by atoms with Crippen LogP contribution in [0.4, 0.5) is 0 Å². The van der Waals surface area contributed by atoms with Gasteiger partial charge >= 0.3 is 5.97 Å². The molecule has 3 rings (SSSR count). The van der Waals surface area contributed by atoms with Crippen molar-refractivity contribution in [3.8, 4) is 0 Å². The van der Waals surface area contributed by atoms with Gasteiger partial charge in [0.2, 0.25) is 14.2 Å². The van der Waals surface area contributed by atoms with Crippen LogP contribution in [0, 0.1) is 0 Å². The Morgan fingerprint density at radius 2 is 1.89 bits per heavy atom. The van der Waals surface area contributed by atoms with Crippen molar-refractivity contribution >= 4 is 48.9 Å². The number of nitrogens with one attached hydrogen (secondary N) is 3. The van der Waals surface area contributed by atoms with E-state index in [0.29, 0.717) is 19.4 Å². The predicted molar refractivity (Wildman–Crippen MR) is 186 cm³/mol. The molecule has 0 spiro atoms. The maximum Gasteiger partial charge on any atom is 0.325 e. The summed E-state index contributed by atoms with van der Waals surface area (Å²) < 4.78 is 11.9. The fraction of sp³-hybridized carbons (Fsp3) is 0.457. The molecule has 1 fully saturated rings. The van der Waals surface area contributed by atoms with Gasteiger partial charge in [0.1, 0.15) is 23.9 Å². The third-order valence-corrected chi connectivity index (χ3v) is 12.8. The molecule has 0 unspecified atom stereocenters. The summed E-state index contributed by atoms with van der Waals surface area (Å²) in [5, 5.41) is 8.41. The van der Waals surface area contributed by atoms with Crippen molar-refractivity contribution in [2.24, 2.45) is 0 Å². The number of carbonyl (C=O) groups excluding carboxylic acids is 4. The number of pyridine rings is 1. The van der Waals surface area contributed by atoms with Gasteiger partial charge in [-0.25, -0.2) is 5.43 Å². The Hall–Kier alpha value is -4.29. The molecular formula is C35H49N5O6Si. The van der Waals surface area contributed by atoms with E-state index in [9.17, 15) is 19.2 Å². The second-order valence-electron chi connectivity index (χ2n) is 13.2. The molecule has 2 heterocycles. The first kappa shape index (κ1) is 37.2. The largest absolute Gasteiger partial charge is 0.547 e. The van der Waals surface area contributed by atoms with E-state index in [4.69, 9.17) is 9.16 Å². The zero-order valence-electron chi connectivity index (χ0n) is 28.8. The lowest BCUT2D eigenvalue weighted by Gasteiger charge is -2.35. The Morgan fingerprint density at radius 1 is 1.17 bits per heavy atom. The Kier molecular flexibility index (Phi) is 12.7. The SMILES string of the molecule is C=Cc1cc2cc([C@@H](C)OC(=O)[C@@H]3CCCN(C(=O)[C@H](C)NC(=O)/C(=C/O[Si](C)(C)C(C)(C)C)NC(=O)C/C=C/C)N3)ccc2cn1. The molecule has 2 aromatic rings. The molecule has 0 bridgehead atoms. The van der Waals surface area contributed by atoms with Crippen molar-refractivity contribution in [1.29, 1.82) is 0 Å². The fourth-order valence-electron chi connectivity index (χ4n) is 4.50. The molecule has 0 aliphatic carbocycles. The van der Waals surface area contributed by atoms with Crippen LogP contribution < -0.4 is 16.1 Å². The average molecular weight is 664 g/mol. The number of ether oxygens (including phenoxy) is 1. The standard InChI is InChI=1S/C35H49N5O6Si/c1-10-12-15-31(41)38-30(22-45-47(8,9)35(5,6)7)32(42)37-23(3)33(43)40-18-13-14-29(39-40)34(44)46-24(4)25-16-17-26-21-36-28(11-2)20-27(26)19-25/h10-12,16-17,19-24,29,39H,2,13-15,18H2,1,3-9H3,(H,37,42)(H,38,41)/b12-10+,30-22-/t23-,24+,29-/m0/s1. The van der Waals surface area contributed by atoms with Crippen molar-refractivity contribution < 1.29 is 28.3 Å². The van der Waals surface area contributed by atoms with Gasteiger partial charge in [-0.2, -0.15) is 0 Å². The second-order valence-corrected chi connectivity index (χ2v) is 18.0. The van der Waals surface area contributed by atoms with Gasteiger partial charge < -0.3 is 19.8 Å². The third-order valence-electron chi connectivity index (χ3n) is 8.53. The highest BCUT2D eigenvalue weighted by Crippen LogP contribution is 2.36. The van der Waals surface area contributed by atoms with E-state index < -0.39 is 50.2 Å². The molecule has 12 heteroatoms. The quantitative estimate of drug-likeness (QED) is 0.0899. The average Bonchev–Trinajstić information content (AvgIpc) is 3.03. The van der Waals surface area contributed by atoms with Gasteiger partial charge in [0.25, 0.3) is 11.8 Å². The van der Waals surface area contributed by atoms with Crippen molar-refractivity contribution in [3.63, 3.8) is 0 Å². The van der Waals surface area contributed by atoms with E-state index in [1.165, 1.54) is 11.3 Å². The molecule has 1 aliphatic heterocycles. The monoisotopic (exact) mass is 663 g/mol. The maximum atomic E-state index is 13.4. The molecular weight excluding hydrogens is 614 g/mol. The number of allylic oxidation sites excluding steroid dienone is 1. The Balaban J connectivity index is 1.65. The van der Waals surface area contributed by atoms with E-state index in [1.807, 2.05) is 37.4 Å². The molecule has 47 heavy (non-hydrogen) atoms. The number of hydrogen-bond acceptors (Lipinski definition) is 8. The highest BCUT2D eigenvalue weighted by Gasteiger charge is 2.38. The first-order valence-corrected chi connectivity index (χ1v) is 18.9. The second kappa shape index (κ2) is 16.0. The topological polar surface area (TPSA) is 139 Å². The summed E-state index contributed by atoms with van der Waals surface area (Å²) in [6, 6.07) is 5.99. The van der Waals surface area contributed by atoms with Crippen LogP contribution in [0.3, 0.4) is 0 Å². The third kappa shape index (κ3) is 10.1. The first-order valence-electron chi connectivity index (χ1n) is 16.0. The van der Waals surface area contributed by atoms with Crippen LogP contribution >= 0.6 is 0 Å². The molecule has 11 nitrogen and oxygen atoms in total. The number of hydrogen-bond donors (Lipinski definition) is 3. The zero-order chi connectivity index (χ0) is 34.9. The minimum Gasteiger partial charge on any atom is -0.547 e. The Labute approximate surface area is 279 Å². The van der Waals surface area contributed by atoms with Crippen molar-refractivity contribution in [2.45, 2.75) is 97.1 Å². The number of rotatable bonds is 12. The molecule has 0 saturated carbocycles.